The predicted octanol–water partition coefficient (Wildman–Crippen LogP) is 6.38. The molecule has 1 nitrogen and oxygen atoms in total. The summed E-state index contributed by atoms with van der Waals surface area (Å²) in [6.07, 6.45) is 6.52. The van der Waals surface area contributed by atoms with Gasteiger partial charge in [-0.3, -0.25) is 0 Å². The Morgan fingerprint density at radius 2 is 1.74 bits per heavy atom. The van der Waals surface area contributed by atoms with Gasteiger partial charge in [-0.2, -0.15) is 0 Å². The molecular weight excluding hydrogens is 294 g/mol. The Hall–Kier alpha value is -2.16. The van der Waals surface area contributed by atoms with Crippen molar-refractivity contribution in [1.82, 2.24) is 0 Å². The highest BCUT2D eigenvalue weighted by atomic mass is 19.1. The fourth-order valence-corrected chi connectivity index (χ4v) is 3.50. The van der Waals surface area contributed by atoms with Gasteiger partial charge in [0.05, 0.1) is 0 Å². The molecule has 1 aliphatic rings. The highest BCUT2D eigenvalue weighted by Gasteiger charge is 2.20. The second kappa shape index (κ2) is 5.48. The van der Waals surface area contributed by atoms with Crippen LogP contribution in [0.25, 0.3) is 27.5 Å². The molecule has 1 aliphatic carbocycles. The van der Waals surface area contributed by atoms with Gasteiger partial charge in [-0.25, -0.2) is 8.78 Å². The van der Waals surface area contributed by atoms with Crippen molar-refractivity contribution >= 4 is 27.5 Å². The Morgan fingerprint density at radius 3 is 2.43 bits per heavy atom. The topological polar surface area (TPSA) is 13.1 Å². The van der Waals surface area contributed by atoms with E-state index in [4.69, 9.17) is 4.42 Å². The van der Waals surface area contributed by atoms with Gasteiger partial charge in [-0.15, -0.1) is 0 Å². The molecule has 1 aromatic heterocycles. The van der Waals surface area contributed by atoms with Crippen molar-refractivity contribution in [2.24, 2.45) is 0 Å². The van der Waals surface area contributed by atoms with Gasteiger partial charge >= 0.3 is 0 Å². The van der Waals surface area contributed by atoms with Gasteiger partial charge in [-0.05, 0) is 49.0 Å². The van der Waals surface area contributed by atoms with Crippen molar-refractivity contribution < 1.29 is 13.2 Å². The van der Waals surface area contributed by atoms with Gasteiger partial charge < -0.3 is 4.42 Å². The molecule has 0 saturated heterocycles. The van der Waals surface area contributed by atoms with E-state index in [9.17, 15) is 8.78 Å². The maximum atomic E-state index is 14.9. The molecule has 23 heavy (non-hydrogen) atoms. The molecule has 0 unspecified atom stereocenters. The summed E-state index contributed by atoms with van der Waals surface area (Å²) in [5.74, 6) is -0.732. The van der Waals surface area contributed by atoms with E-state index in [0.29, 0.717) is 28.3 Å². The molecule has 3 heteroatoms. The van der Waals surface area contributed by atoms with Crippen LogP contribution in [-0.4, -0.2) is 0 Å². The number of hydrogen-bond acceptors (Lipinski definition) is 1. The molecule has 0 saturated carbocycles. The van der Waals surface area contributed by atoms with E-state index in [1.807, 2.05) is 19.1 Å². The number of allylic oxidation sites excluding steroid dienone is 2. The number of benzene rings is 2. The fraction of sp³-hybridized carbons (Fsp3) is 0.300. The first-order valence-electron chi connectivity index (χ1n) is 8.22. The maximum Gasteiger partial charge on any atom is 0.173 e. The smallest absolute Gasteiger partial charge is 0.173 e. The van der Waals surface area contributed by atoms with E-state index < -0.39 is 0 Å². The molecule has 4 rings (SSSR count). The van der Waals surface area contributed by atoms with Crippen LogP contribution >= 0.6 is 0 Å². The zero-order valence-electron chi connectivity index (χ0n) is 13.1. The first-order valence-corrected chi connectivity index (χ1v) is 8.22. The third-order valence-corrected chi connectivity index (χ3v) is 4.67. The lowest BCUT2D eigenvalue weighted by atomic mass is 10.0. The van der Waals surface area contributed by atoms with Crippen LogP contribution in [0.3, 0.4) is 0 Å². The number of aryl methyl sites for hydroxylation is 1. The van der Waals surface area contributed by atoms with Crippen molar-refractivity contribution in [3.8, 4) is 0 Å². The highest BCUT2D eigenvalue weighted by molar-refractivity contribution is 6.06. The van der Waals surface area contributed by atoms with Crippen LogP contribution in [0.5, 0.6) is 0 Å². The van der Waals surface area contributed by atoms with Gasteiger partial charge in [0, 0.05) is 16.3 Å². The van der Waals surface area contributed by atoms with Crippen molar-refractivity contribution in [2.45, 2.75) is 39.0 Å². The molecule has 118 valence electrons. The molecule has 0 radical (unpaired) electrons. The maximum absolute atomic E-state index is 14.9. The van der Waals surface area contributed by atoms with E-state index in [0.717, 1.165) is 31.3 Å². The molecule has 0 bridgehead atoms. The van der Waals surface area contributed by atoms with Crippen molar-refractivity contribution in [3.63, 3.8) is 0 Å². The SMILES string of the molecule is CCCc1ccc2c(oc3c(F)c(C4=CCCC4)ccc32)c1F. The largest absolute Gasteiger partial charge is 0.450 e. The third-order valence-electron chi connectivity index (χ3n) is 4.67. The molecule has 3 aromatic rings. The summed E-state index contributed by atoms with van der Waals surface area (Å²) in [6.45, 7) is 2.00. The van der Waals surface area contributed by atoms with E-state index in [-0.39, 0.29) is 22.8 Å². The zero-order valence-corrected chi connectivity index (χ0v) is 13.1. The minimum absolute atomic E-state index is 0.165. The molecule has 0 aliphatic heterocycles. The Morgan fingerprint density at radius 1 is 1.00 bits per heavy atom. The standard InChI is InChI=1S/C20H18F2O/c1-2-5-13-8-9-15-16-11-10-14(12-6-3-4-7-12)18(22)20(16)23-19(15)17(13)21/h6,8-11H,2-5,7H2,1H3. The van der Waals surface area contributed by atoms with Crippen LogP contribution in [0.4, 0.5) is 8.78 Å². The molecule has 2 aromatic carbocycles. The number of furan rings is 1. The number of halogens is 2. The van der Waals surface area contributed by atoms with Crippen molar-refractivity contribution in [2.75, 3.05) is 0 Å². The average molecular weight is 312 g/mol. The minimum atomic E-state index is -0.372. The van der Waals surface area contributed by atoms with Crippen LogP contribution in [0.15, 0.2) is 34.8 Å². The molecule has 0 atom stereocenters. The predicted molar refractivity (Wildman–Crippen MR) is 89.5 cm³/mol. The minimum Gasteiger partial charge on any atom is -0.450 e. The van der Waals surface area contributed by atoms with Crippen LogP contribution in [-0.2, 0) is 6.42 Å². The highest BCUT2D eigenvalue weighted by Crippen LogP contribution is 2.37. The Kier molecular flexibility index (Phi) is 3.44. The normalized spacial score (nSPS) is 14.8. The summed E-state index contributed by atoms with van der Waals surface area (Å²) in [7, 11) is 0. The van der Waals surface area contributed by atoms with E-state index in [1.54, 1.807) is 12.1 Å². The van der Waals surface area contributed by atoms with Crippen molar-refractivity contribution in [3.05, 3.63) is 53.1 Å². The zero-order chi connectivity index (χ0) is 16.0. The van der Waals surface area contributed by atoms with E-state index >= 15 is 0 Å². The van der Waals surface area contributed by atoms with Crippen molar-refractivity contribution in [1.29, 1.82) is 0 Å². The van der Waals surface area contributed by atoms with Gasteiger partial charge in [0.15, 0.2) is 22.8 Å². The van der Waals surface area contributed by atoms with Gasteiger partial charge in [-0.1, -0.05) is 31.6 Å². The van der Waals surface area contributed by atoms with E-state index in [2.05, 4.69) is 6.08 Å². The second-order valence-electron chi connectivity index (χ2n) is 6.19. The van der Waals surface area contributed by atoms with Crippen LogP contribution in [0.1, 0.15) is 43.7 Å². The summed E-state index contributed by atoms with van der Waals surface area (Å²) < 4.78 is 35.1. The molecule has 0 amide bonds. The first-order chi connectivity index (χ1) is 11.2. The first kappa shape index (κ1) is 14.4. The monoisotopic (exact) mass is 312 g/mol. The lowest BCUT2D eigenvalue weighted by molar-refractivity contribution is 0.550. The van der Waals surface area contributed by atoms with Gasteiger partial charge in [0.25, 0.3) is 0 Å². The second-order valence-corrected chi connectivity index (χ2v) is 6.19. The lowest BCUT2D eigenvalue weighted by Gasteiger charge is -2.04. The number of fused-ring (bicyclic) bond motifs is 3. The Labute approximate surface area is 133 Å². The summed E-state index contributed by atoms with van der Waals surface area (Å²) >= 11 is 0. The van der Waals surface area contributed by atoms with E-state index in [1.165, 1.54) is 0 Å². The third kappa shape index (κ3) is 2.18. The van der Waals surface area contributed by atoms with Gasteiger partial charge in [0.1, 0.15) is 0 Å². The molecule has 0 fully saturated rings. The summed E-state index contributed by atoms with van der Waals surface area (Å²) in [4.78, 5) is 0. The fourth-order valence-electron chi connectivity index (χ4n) is 3.50. The number of rotatable bonds is 3. The summed E-state index contributed by atoms with van der Waals surface area (Å²) in [6, 6.07) is 7.25. The molecular formula is C20H18F2O. The Bertz CT molecular complexity index is 934. The van der Waals surface area contributed by atoms with Crippen LogP contribution in [0, 0.1) is 11.6 Å². The van der Waals surface area contributed by atoms with Gasteiger partial charge in [0.2, 0.25) is 0 Å². The molecule has 0 N–H and O–H groups in total. The Balaban J connectivity index is 1.97. The average Bonchev–Trinajstić information content (AvgIpc) is 3.19. The quantitative estimate of drug-likeness (QED) is 0.546. The molecule has 0 spiro atoms. The number of hydrogen-bond donors (Lipinski definition) is 0. The molecule has 1 heterocycles. The summed E-state index contributed by atoms with van der Waals surface area (Å²) in [5.41, 5.74) is 2.57. The van der Waals surface area contributed by atoms with Crippen LogP contribution < -0.4 is 0 Å². The summed E-state index contributed by atoms with van der Waals surface area (Å²) in [5, 5.41) is 1.28. The lowest BCUT2D eigenvalue weighted by Crippen LogP contribution is -1.89. The van der Waals surface area contributed by atoms with Crippen LogP contribution in [0.2, 0.25) is 0 Å².